The second-order valence-electron chi connectivity index (χ2n) is 5.55. The van der Waals surface area contributed by atoms with Crippen molar-refractivity contribution < 1.29 is 22.7 Å². The highest BCUT2D eigenvalue weighted by Crippen LogP contribution is 2.24. The van der Waals surface area contributed by atoms with Gasteiger partial charge >= 0.3 is 6.61 Å². The van der Waals surface area contributed by atoms with Crippen molar-refractivity contribution in [2.45, 2.75) is 20.0 Å². The molecule has 0 spiro atoms. The number of hydrogen-bond donors (Lipinski definition) is 2. The van der Waals surface area contributed by atoms with Gasteiger partial charge in [0, 0.05) is 22.3 Å². The van der Waals surface area contributed by atoms with Gasteiger partial charge in [0.15, 0.2) is 0 Å². The first kappa shape index (κ1) is 16.9. The van der Waals surface area contributed by atoms with Crippen LogP contribution in [0.5, 0.6) is 5.75 Å². The Bertz CT molecular complexity index is 905. The Hall–Kier alpha value is -2.96. The minimum Gasteiger partial charge on any atom is -0.435 e. The Kier molecular flexibility index (Phi) is 4.65. The van der Waals surface area contributed by atoms with Crippen LogP contribution in [0.25, 0.3) is 10.9 Å². The maximum Gasteiger partial charge on any atom is 0.387 e. The number of benzene rings is 2. The monoisotopic (exact) mass is 348 g/mol. The predicted octanol–water partition coefficient (Wildman–Crippen LogP) is 4.40. The van der Waals surface area contributed by atoms with E-state index in [0.717, 1.165) is 11.2 Å². The molecule has 1 amide bonds. The Morgan fingerprint density at radius 1 is 1.20 bits per heavy atom. The topological polar surface area (TPSA) is 54.1 Å². The number of aromatic nitrogens is 1. The zero-order chi connectivity index (χ0) is 18.0. The molecule has 0 unspecified atom stereocenters. The van der Waals surface area contributed by atoms with E-state index in [-0.39, 0.29) is 23.9 Å². The van der Waals surface area contributed by atoms with Gasteiger partial charge in [-0.05, 0) is 55.0 Å². The molecule has 0 atom stereocenters. The third kappa shape index (κ3) is 3.93. The van der Waals surface area contributed by atoms with Crippen molar-refractivity contribution in [3.63, 3.8) is 0 Å². The summed E-state index contributed by atoms with van der Waals surface area (Å²) in [7, 11) is 0. The molecule has 0 saturated heterocycles. The van der Waals surface area contributed by atoms with Gasteiger partial charge in [0.25, 0.3) is 0 Å². The molecule has 3 rings (SSSR count). The molecule has 0 radical (unpaired) electrons. The number of aryl methyl sites for hydroxylation is 1. The van der Waals surface area contributed by atoms with Crippen molar-refractivity contribution in [2.75, 3.05) is 5.32 Å². The normalized spacial score (nSPS) is 11.1. The standard InChI is InChI=1S/C18H15F3N2O2/c1-10-14(15-8-11(19)2-7-16(15)22-10)9-17(24)23-12-3-5-13(6-4-12)25-18(20)21/h2-8,18,22H,9H2,1H3,(H,23,24). The maximum atomic E-state index is 13.5. The number of anilines is 1. The van der Waals surface area contributed by atoms with E-state index < -0.39 is 6.61 Å². The Morgan fingerprint density at radius 2 is 1.92 bits per heavy atom. The summed E-state index contributed by atoms with van der Waals surface area (Å²) in [6, 6.07) is 9.99. The molecule has 0 bridgehead atoms. The third-order valence-electron chi connectivity index (χ3n) is 3.78. The van der Waals surface area contributed by atoms with Crippen LogP contribution >= 0.6 is 0 Å². The number of hydrogen-bond acceptors (Lipinski definition) is 2. The number of amides is 1. The van der Waals surface area contributed by atoms with Gasteiger partial charge in [0.2, 0.25) is 5.91 Å². The first-order valence-electron chi connectivity index (χ1n) is 7.54. The number of carbonyl (C=O) groups excluding carboxylic acids is 1. The van der Waals surface area contributed by atoms with E-state index in [0.29, 0.717) is 16.6 Å². The van der Waals surface area contributed by atoms with E-state index >= 15 is 0 Å². The lowest BCUT2D eigenvalue weighted by atomic mass is 10.1. The van der Waals surface area contributed by atoms with Crippen LogP contribution in [-0.2, 0) is 11.2 Å². The smallest absolute Gasteiger partial charge is 0.387 e. The first-order chi connectivity index (χ1) is 11.9. The van der Waals surface area contributed by atoms with Crippen LogP contribution in [0.4, 0.5) is 18.9 Å². The minimum absolute atomic E-state index is 0.0101. The molecule has 1 heterocycles. The molecule has 25 heavy (non-hydrogen) atoms. The van der Waals surface area contributed by atoms with Gasteiger partial charge in [-0.25, -0.2) is 4.39 Å². The molecule has 0 aliphatic rings. The van der Waals surface area contributed by atoms with E-state index in [4.69, 9.17) is 0 Å². The average Bonchev–Trinajstić information content (AvgIpc) is 2.84. The molecule has 3 aromatic rings. The molecule has 7 heteroatoms. The Labute approximate surface area is 141 Å². The summed E-state index contributed by atoms with van der Waals surface area (Å²) in [4.78, 5) is 15.4. The van der Waals surface area contributed by atoms with Gasteiger partial charge in [0.1, 0.15) is 11.6 Å². The van der Waals surface area contributed by atoms with Gasteiger partial charge in [-0.1, -0.05) is 0 Å². The number of ether oxygens (including phenoxy) is 1. The average molecular weight is 348 g/mol. The van der Waals surface area contributed by atoms with Gasteiger partial charge in [-0.3, -0.25) is 4.79 Å². The van der Waals surface area contributed by atoms with Crippen LogP contribution in [0.15, 0.2) is 42.5 Å². The fourth-order valence-corrected chi connectivity index (χ4v) is 2.67. The number of aromatic amines is 1. The quantitative estimate of drug-likeness (QED) is 0.718. The molecule has 0 saturated carbocycles. The van der Waals surface area contributed by atoms with Gasteiger partial charge < -0.3 is 15.0 Å². The van der Waals surface area contributed by atoms with E-state index in [1.54, 1.807) is 6.07 Å². The van der Waals surface area contributed by atoms with Crippen molar-refractivity contribution in [2.24, 2.45) is 0 Å². The molecule has 0 aliphatic heterocycles. The highest BCUT2D eigenvalue weighted by Gasteiger charge is 2.13. The van der Waals surface area contributed by atoms with Crippen LogP contribution in [0.2, 0.25) is 0 Å². The zero-order valence-corrected chi connectivity index (χ0v) is 13.3. The highest BCUT2D eigenvalue weighted by molar-refractivity contribution is 5.96. The third-order valence-corrected chi connectivity index (χ3v) is 3.78. The lowest BCUT2D eigenvalue weighted by Crippen LogP contribution is -2.14. The molecular formula is C18H15F3N2O2. The fraction of sp³-hybridized carbons (Fsp3) is 0.167. The number of rotatable bonds is 5. The van der Waals surface area contributed by atoms with Gasteiger partial charge in [0.05, 0.1) is 6.42 Å². The van der Waals surface area contributed by atoms with Crippen molar-refractivity contribution in [3.8, 4) is 5.75 Å². The van der Waals surface area contributed by atoms with Crippen LogP contribution in [0.1, 0.15) is 11.3 Å². The molecule has 0 aliphatic carbocycles. The fourth-order valence-electron chi connectivity index (χ4n) is 2.67. The summed E-state index contributed by atoms with van der Waals surface area (Å²) in [6.45, 7) is -1.08. The molecule has 1 aromatic heterocycles. The zero-order valence-electron chi connectivity index (χ0n) is 13.3. The molecule has 4 nitrogen and oxygen atoms in total. The molecule has 2 N–H and O–H groups in total. The van der Waals surface area contributed by atoms with Crippen LogP contribution in [0, 0.1) is 12.7 Å². The summed E-state index contributed by atoms with van der Waals surface area (Å²) in [5.74, 6) is -0.658. The van der Waals surface area contributed by atoms with E-state index in [1.807, 2.05) is 6.92 Å². The molecular weight excluding hydrogens is 333 g/mol. The van der Waals surface area contributed by atoms with Crippen molar-refractivity contribution in [1.82, 2.24) is 4.98 Å². The minimum atomic E-state index is -2.90. The number of alkyl halides is 2. The maximum absolute atomic E-state index is 13.5. The number of halogens is 3. The SMILES string of the molecule is Cc1[nH]c2ccc(F)cc2c1CC(=O)Nc1ccc(OC(F)F)cc1. The van der Waals surface area contributed by atoms with Crippen molar-refractivity contribution in [3.05, 3.63) is 59.5 Å². The molecule has 2 aromatic carbocycles. The second kappa shape index (κ2) is 6.88. The van der Waals surface area contributed by atoms with E-state index in [1.165, 1.54) is 36.4 Å². The van der Waals surface area contributed by atoms with Crippen LogP contribution in [0.3, 0.4) is 0 Å². The number of carbonyl (C=O) groups is 1. The van der Waals surface area contributed by atoms with Gasteiger partial charge in [-0.15, -0.1) is 0 Å². The largest absolute Gasteiger partial charge is 0.435 e. The lowest BCUT2D eigenvalue weighted by molar-refractivity contribution is -0.115. The molecule has 0 fully saturated rings. The summed E-state index contributed by atoms with van der Waals surface area (Å²) < 4.78 is 41.9. The van der Waals surface area contributed by atoms with E-state index in [2.05, 4.69) is 15.0 Å². The Morgan fingerprint density at radius 3 is 2.60 bits per heavy atom. The second-order valence-corrected chi connectivity index (χ2v) is 5.55. The van der Waals surface area contributed by atoms with Crippen molar-refractivity contribution >= 4 is 22.5 Å². The number of fused-ring (bicyclic) bond motifs is 1. The van der Waals surface area contributed by atoms with Crippen molar-refractivity contribution in [1.29, 1.82) is 0 Å². The summed E-state index contributed by atoms with van der Waals surface area (Å²) in [5.41, 5.74) is 2.71. The summed E-state index contributed by atoms with van der Waals surface area (Å²) in [5, 5.41) is 3.34. The van der Waals surface area contributed by atoms with E-state index in [9.17, 15) is 18.0 Å². The predicted molar refractivity (Wildman–Crippen MR) is 88.4 cm³/mol. The molecule has 130 valence electrons. The van der Waals surface area contributed by atoms with Crippen LogP contribution < -0.4 is 10.1 Å². The number of H-pyrrole nitrogens is 1. The Balaban J connectivity index is 1.72. The number of nitrogens with one attached hydrogen (secondary N) is 2. The summed E-state index contributed by atoms with van der Waals surface area (Å²) >= 11 is 0. The lowest BCUT2D eigenvalue weighted by Gasteiger charge is -2.08. The summed E-state index contributed by atoms with van der Waals surface area (Å²) in [6.07, 6.45) is 0.0601. The van der Waals surface area contributed by atoms with Crippen LogP contribution in [-0.4, -0.2) is 17.5 Å². The first-order valence-corrected chi connectivity index (χ1v) is 7.54. The van der Waals surface area contributed by atoms with Gasteiger partial charge in [-0.2, -0.15) is 8.78 Å². The highest BCUT2D eigenvalue weighted by atomic mass is 19.3.